The summed E-state index contributed by atoms with van der Waals surface area (Å²) < 4.78 is 0. The van der Waals surface area contributed by atoms with E-state index in [-0.39, 0.29) is 0 Å². The van der Waals surface area contributed by atoms with Crippen LogP contribution in [-0.4, -0.2) is 47.1 Å². The van der Waals surface area contributed by atoms with Crippen LogP contribution in [0.25, 0.3) is 0 Å². The number of anilines is 2. The largest absolute Gasteiger partial charge is 0.363 e. The highest BCUT2D eigenvalue weighted by atomic mass is 15.2. The Morgan fingerprint density at radius 1 is 1.14 bits per heavy atom. The van der Waals surface area contributed by atoms with Gasteiger partial charge >= 0.3 is 0 Å². The maximum atomic E-state index is 4.42. The van der Waals surface area contributed by atoms with Crippen molar-refractivity contribution in [1.29, 1.82) is 0 Å². The molecule has 6 heteroatoms. The van der Waals surface area contributed by atoms with E-state index in [4.69, 9.17) is 0 Å². The molecule has 0 amide bonds. The molecule has 0 atom stereocenters. The molecule has 22 heavy (non-hydrogen) atoms. The lowest BCUT2D eigenvalue weighted by Crippen LogP contribution is -2.35. The van der Waals surface area contributed by atoms with Gasteiger partial charge in [0, 0.05) is 51.3 Å². The SMILES string of the molecule is CN(C)c1cc(CC2CCN(c3cnccn3)CC2)ncn1. The van der Waals surface area contributed by atoms with Gasteiger partial charge in [-0.05, 0) is 25.2 Å². The summed E-state index contributed by atoms with van der Waals surface area (Å²) in [6, 6.07) is 2.09. The molecule has 116 valence electrons. The van der Waals surface area contributed by atoms with Gasteiger partial charge in [0.25, 0.3) is 0 Å². The van der Waals surface area contributed by atoms with Crippen LogP contribution >= 0.6 is 0 Å². The summed E-state index contributed by atoms with van der Waals surface area (Å²) in [6.07, 6.45) is 10.3. The minimum Gasteiger partial charge on any atom is -0.363 e. The van der Waals surface area contributed by atoms with Gasteiger partial charge in [0.1, 0.15) is 18.0 Å². The third-order valence-electron chi connectivity index (χ3n) is 4.15. The Morgan fingerprint density at radius 3 is 2.64 bits per heavy atom. The Bertz CT molecular complexity index is 593. The topological polar surface area (TPSA) is 58.0 Å². The van der Waals surface area contributed by atoms with Crippen molar-refractivity contribution < 1.29 is 0 Å². The molecule has 0 spiro atoms. The van der Waals surface area contributed by atoms with E-state index in [0.29, 0.717) is 5.92 Å². The number of aromatic nitrogens is 4. The Labute approximate surface area is 131 Å². The van der Waals surface area contributed by atoms with E-state index >= 15 is 0 Å². The van der Waals surface area contributed by atoms with E-state index in [9.17, 15) is 0 Å². The lowest BCUT2D eigenvalue weighted by Gasteiger charge is -2.32. The molecule has 0 N–H and O–H groups in total. The van der Waals surface area contributed by atoms with Crippen molar-refractivity contribution in [3.05, 3.63) is 36.7 Å². The fourth-order valence-electron chi connectivity index (χ4n) is 2.86. The highest BCUT2D eigenvalue weighted by molar-refractivity contribution is 5.37. The Hall–Kier alpha value is -2.24. The van der Waals surface area contributed by atoms with Crippen LogP contribution in [0.1, 0.15) is 18.5 Å². The Morgan fingerprint density at radius 2 is 1.95 bits per heavy atom. The maximum absolute atomic E-state index is 4.42. The molecule has 1 saturated heterocycles. The molecule has 0 bridgehead atoms. The van der Waals surface area contributed by atoms with Gasteiger partial charge in [0.05, 0.1) is 6.20 Å². The Balaban J connectivity index is 1.57. The molecule has 6 nitrogen and oxygen atoms in total. The normalized spacial score (nSPS) is 15.8. The van der Waals surface area contributed by atoms with Crippen LogP contribution in [0, 0.1) is 5.92 Å². The molecule has 1 aliphatic heterocycles. The predicted molar refractivity (Wildman–Crippen MR) is 87.0 cm³/mol. The van der Waals surface area contributed by atoms with Crippen molar-refractivity contribution in [3.63, 3.8) is 0 Å². The van der Waals surface area contributed by atoms with E-state index < -0.39 is 0 Å². The molecular formula is C16H22N6. The standard InChI is InChI=1S/C16H22N6/c1-21(2)15-10-14(19-12-20-15)9-13-3-7-22(8-4-13)16-11-17-5-6-18-16/h5-6,10-13H,3-4,7-9H2,1-2H3. The number of piperidine rings is 1. The molecule has 0 aliphatic carbocycles. The molecule has 1 fully saturated rings. The molecule has 3 rings (SSSR count). The molecule has 0 saturated carbocycles. The summed E-state index contributed by atoms with van der Waals surface area (Å²) in [5.41, 5.74) is 1.14. The molecule has 2 aromatic rings. The van der Waals surface area contributed by atoms with Crippen LogP contribution in [0.2, 0.25) is 0 Å². The second kappa shape index (κ2) is 6.68. The van der Waals surface area contributed by atoms with Crippen molar-refractivity contribution in [2.45, 2.75) is 19.3 Å². The van der Waals surface area contributed by atoms with Crippen LogP contribution in [-0.2, 0) is 6.42 Å². The first-order chi connectivity index (χ1) is 10.7. The first-order valence-electron chi connectivity index (χ1n) is 7.71. The number of hydrogen-bond acceptors (Lipinski definition) is 6. The average molecular weight is 298 g/mol. The van der Waals surface area contributed by atoms with Crippen molar-refractivity contribution in [2.75, 3.05) is 37.0 Å². The Kier molecular flexibility index (Phi) is 4.46. The van der Waals surface area contributed by atoms with Gasteiger partial charge in [-0.15, -0.1) is 0 Å². The second-order valence-corrected chi connectivity index (χ2v) is 5.96. The molecule has 2 aromatic heterocycles. The van der Waals surface area contributed by atoms with E-state index in [0.717, 1.165) is 49.7 Å². The minimum absolute atomic E-state index is 0.679. The fourth-order valence-corrected chi connectivity index (χ4v) is 2.86. The zero-order chi connectivity index (χ0) is 15.4. The van der Waals surface area contributed by atoms with Gasteiger partial charge in [0.15, 0.2) is 0 Å². The maximum Gasteiger partial charge on any atom is 0.147 e. The fraction of sp³-hybridized carbons (Fsp3) is 0.500. The lowest BCUT2D eigenvalue weighted by atomic mass is 9.92. The predicted octanol–water partition coefficient (Wildman–Crippen LogP) is 1.79. The van der Waals surface area contributed by atoms with Crippen LogP contribution in [0.5, 0.6) is 0 Å². The van der Waals surface area contributed by atoms with Gasteiger partial charge in [-0.25, -0.2) is 15.0 Å². The van der Waals surface area contributed by atoms with Crippen molar-refractivity contribution in [1.82, 2.24) is 19.9 Å². The first kappa shape index (κ1) is 14.7. The minimum atomic E-state index is 0.679. The van der Waals surface area contributed by atoms with E-state index in [1.54, 1.807) is 18.7 Å². The lowest BCUT2D eigenvalue weighted by molar-refractivity contribution is 0.399. The third-order valence-corrected chi connectivity index (χ3v) is 4.15. The van der Waals surface area contributed by atoms with Gasteiger partial charge in [-0.2, -0.15) is 0 Å². The summed E-state index contributed by atoms with van der Waals surface area (Å²) in [7, 11) is 4.01. The smallest absolute Gasteiger partial charge is 0.147 e. The second-order valence-electron chi connectivity index (χ2n) is 5.96. The van der Waals surface area contributed by atoms with Gasteiger partial charge in [-0.1, -0.05) is 0 Å². The highest BCUT2D eigenvalue weighted by Crippen LogP contribution is 2.24. The molecule has 0 aromatic carbocycles. The third kappa shape index (κ3) is 3.50. The average Bonchev–Trinajstić information content (AvgIpc) is 2.56. The number of nitrogens with zero attached hydrogens (tertiary/aromatic N) is 6. The summed E-state index contributed by atoms with van der Waals surface area (Å²) in [6.45, 7) is 2.07. The summed E-state index contributed by atoms with van der Waals surface area (Å²) in [5.74, 6) is 2.64. The molecule has 1 aliphatic rings. The zero-order valence-electron chi connectivity index (χ0n) is 13.2. The zero-order valence-corrected chi connectivity index (χ0v) is 13.2. The van der Waals surface area contributed by atoms with Gasteiger partial charge in [-0.3, -0.25) is 4.98 Å². The summed E-state index contributed by atoms with van der Waals surface area (Å²) in [5, 5.41) is 0. The molecular weight excluding hydrogens is 276 g/mol. The van der Waals surface area contributed by atoms with Crippen LogP contribution in [0.4, 0.5) is 11.6 Å². The van der Waals surface area contributed by atoms with Crippen molar-refractivity contribution >= 4 is 11.6 Å². The van der Waals surface area contributed by atoms with E-state index in [1.807, 2.05) is 25.2 Å². The van der Waals surface area contributed by atoms with Gasteiger partial charge in [0.2, 0.25) is 0 Å². The monoisotopic (exact) mass is 298 g/mol. The van der Waals surface area contributed by atoms with Crippen molar-refractivity contribution in [3.8, 4) is 0 Å². The summed E-state index contributed by atoms with van der Waals surface area (Å²) >= 11 is 0. The number of hydrogen-bond donors (Lipinski definition) is 0. The first-order valence-corrected chi connectivity index (χ1v) is 7.71. The quantitative estimate of drug-likeness (QED) is 0.858. The van der Waals surface area contributed by atoms with Crippen LogP contribution in [0.15, 0.2) is 31.0 Å². The molecule has 3 heterocycles. The molecule has 0 radical (unpaired) electrons. The van der Waals surface area contributed by atoms with E-state index in [2.05, 4.69) is 30.9 Å². The van der Waals surface area contributed by atoms with E-state index in [1.165, 1.54) is 0 Å². The number of rotatable bonds is 4. The molecule has 0 unspecified atom stereocenters. The highest BCUT2D eigenvalue weighted by Gasteiger charge is 2.21. The summed E-state index contributed by atoms with van der Waals surface area (Å²) in [4.78, 5) is 21.6. The van der Waals surface area contributed by atoms with Crippen LogP contribution in [0.3, 0.4) is 0 Å². The van der Waals surface area contributed by atoms with Crippen LogP contribution < -0.4 is 9.80 Å². The van der Waals surface area contributed by atoms with Gasteiger partial charge < -0.3 is 9.80 Å². The van der Waals surface area contributed by atoms with Crippen molar-refractivity contribution in [2.24, 2.45) is 5.92 Å².